The molecule has 0 bridgehead atoms. The van der Waals surface area contributed by atoms with Gasteiger partial charge in [-0.05, 0) is 42.8 Å². The zero-order valence-corrected chi connectivity index (χ0v) is 17.3. The van der Waals surface area contributed by atoms with Crippen LogP contribution in [0.25, 0.3) is 6.08 Å². The van der Waals surface area contributed by atoms with Crippen LogP contribution in [0.3, 0.4) is 0 Å². The molecule has 0 radical (unpaired) electrons. The zero-order valence-electron chi connectivity index (χ0n) is 17.3. The van der Waals surface area contributed by atoms with Gasteiger partial charge in [0.1, 0.15) is 5.57 Å². The molecule has 1 saturated heterocycles. The second-order valence-electron chi connectivity index (χ2n) is 6.32. The van der Waals surface area contributed by atoms with Crippen molar-refractivity contribution in [2.75, 3.05) is 32.4 Å². The first-order valence-electron chi connectivity index (χ1n) is 9.45. The number of hydrogen-bond acceptors (Lipinski definition) is 7. The molecule has 1 aliphatic heterocycles. The largest absolute Gasteiger partial charge is 0.493 e. The minimum Gasteiger partial charge on any atom is -0.493 e. The summed E-state index contributed by atoms with van der Waals surface area (Å²) in [5, 5.41) is 1.18. The molecule has 162 valence electrons. The summed E-state index contributed by atoms with van der Waals surface area (Å²) in [6.45, 7) is 1.60. The van der Waals surface area contributed by atoms with Gasteiger partial charge in [-0.3, -0.25) is 15.0 Å². The molecule has 9 nitrogen and oxygen atoms in total. The number of carbonyl (C=O) groups excluding carboxylic acids is 3. The summed E-state index contributed by atoms with van der Waals surface area (Å²) in [7, 11) is 2.85. The summed E-state index contributed by atoms with van der Waals surface area (Å²) in [5.74, 6) is -0.825. The lowest BCUT2D eigenvalue weighted by atomic mass is 10.1. The van der Waals surface area contributed by atoms with Crippen molar-refractivity contribution in [3.8, 4) is 17.2 Å². The molecule has 0 unspecified atom stereocenters. The first-order valence-corrected chi connectivity index (χ1v) is 9.45. The van der Waals surface area contributed by atoms with Gasteiger partial charge in [0.15, 0.2) is 18.1 Å². The third-order valence-electron chi connectivity index (χ3n) is 4.34. The number of benzene rings is 2. The lowest BCUT2D eigenvalue weighted by molar-refractivity contribution is -0.145. The van der Waals surface area contributed by atoms with E-state index in [1.807, 2.05) is 6.07 Å². The number of para-hydroxylation sites is 1. The van der Waals surface area contributed by atoms with E-state index in [2.05, 4.69) is 5.43 Å². The summed E-state index contributed by atoms with van der Waals surface area (Å²) in [4.78, 5) is 36.8. The Balaban J connectivity index is 1.90. The molecule has 0 atom stereocenters. The van der Waals surface area contributed by atoms with Crippen molar-refractivity contribution in [3.05, 3.63) is 53.6 Å². The summed E-state index contributed by atoms with van der Waals surface area (Å²) in [5.41, 5.74) is 3.51. The van der Waals surface area contributed by atoms with E-state index >= 15 is 0 Å². The average molecular weight is 426 g/mol. The molecule has 31 heavy (non-hydrogen) atoms. The van der Waals surface area contributed by atoms with Crippen LogP contribution < -0.4 is 24.6 Å². The number of methoxy groups -OCH3 is 2. The van der Waals surface area contributed by atoms with Gasteiger partial charge in [0, 0.05) is 0 Å². The van der Waals surface area contributed by atoms with E-state index in [-0.39, 0.29) is 36.0 Å². The van der Waals surface area contributed by atoms with Gasteiger partial charge in [-0.25, -0.2) is 9.80 Å². The monoisotopic (exact) mass is 426 g/mol. The van der Waals surface area contributed by atoms with E-state index in [1.54, 1.807) is 43.3 Å². The van der Waals surface area contributed by atoms with Crippen LogP contribution in [0.2, 0.25) is 0 Å². The van der Waals surface area contributed by atoms with Gasteiger partial charge in [0.25, 0.3) is 11.8 Å². The molecule has 0 spiro atoms. The maximum atomic E-state index is 12.8. The number of ether oxygens (including phenoxy) is 4. The smallest absolute Gasteiger partial charge is 0.344 e. The van der Waals surface area contributed by atoms with Gasteiger partial charge in [0.2, 0.25) is 5.75 Å². The number of anilines is 1. The normalized spacial score (nSPS) is 14.4. The highest BCUT2D eigenvalue weighted by atomic mass is 16.6. The number of nitrogens with one attached hydrogen (secondary N) is 1. The first-order chi connectivity index (χ1) is 15.0. The maximum Gasteiger partial charge on any atom is 0.344 e. The quantitative estimate of drug-likeness (QED) is 0.392. The van der Waals surface area contributed by atoms with E-state index in [0.717, 1.165) is 0 Å². The lowest BCUT2D eigenvalue weighted by Gasteiger charge is -2.15. The minimum absolute atomic E-state index is 0.0480. The van der Waals surface area contributed by atoms with Crippen LogP contribution in [-0.2, 0) is 19.1 Å². The predicted molar refractivity (Wildman–Crippen MR) is 112 cm³/mol. The van der Waals surface area contributed by atoms with E-state index in [0.29, 0.717) is 11.3 Å². The van der Waals surface area contributed by atoms with Crippen LogP contribution >= 0.6 is 0 Å². The topological polar surface area (TPSA) is 103 Å². The van der Waals surface area contributed by atoms with E-state index in [9.17, 15) is 14.4 Å². The second kappa shape index (κ2) is 9.66. The molecule has 2 aromatic carbocycles. The fraction of sp³-hybridized carbons (Fsp3) is 0.227. The molecule has 0 aromatic heterocycles. The highest BCUT2D eigenvalue weighted by Gasteiger charge is 2.34. The number of hydrazine groups is 1. The van der Waals surface area contributed by atoms with E-state index < -0.39 is 17.8 Å². The molecular weight excluding hydrogens is 404 g/mol. The standard InChI is InChI=1S/C22H22N2O7/c1-4-30-19(25)13-31-20-17(28-2)11-14(12-18(20)29-3)10-16-21(26)23-24(22(16)27)15-8-6-5-7-9-15/h5-12H,4,13H2,1-3H3,(H,23,26)/b16-10-. The Bertz CT molecular complexity index is 993. The van der Waals surface area contributed by atoms with Gasteiger partial charge in [-0.2, -0.15) is 0 Å². The summed E-state index contributed by atoms with van der Waals surface area (Å²) >= 11 is 0. The van der Waals surface area contributed by atoms with Crippen molar-refractivity contribution in [2.24, 2.45) is 0 Å². The number of rotatable bonds is 8. The number of esters is 1. The lowest BCUT2D eigenvalue weighted by Crippen LogP contribution is -2.35. The van der Waals surface area contributed by atoms with Crippen molar-refractivity contribution in [1.82, 2.24) is 5.43 Å². The molecule has 1 N–H and O–H groups in total. The van der Waals surface area contributed by atoms with E-state index in [4.69, 9.17) is 18.9 Å². The molecule has 9 heteroatoms. The summed E-state index contributed by atoms with van der Waals surface area (Å²) in [6, 6.07) is 11.9. The Hall–Kier alpha value is -4.01. The van der Waals surface area contributed by atoms with E-state index in [1.165, 1.54) is 25.3 Å². The predicted octanol–water partition coefficient (Wildman–Crippen LogP) is 2.11. The van der Waals surface area contributed by atoms with Crippen LogP contribution in [0.15, 0.2) is 48.0 Å². The van der Waals surface area contributed by atoms with Crippen LogP contribution in [0.1, 0.15) is 12.5 Å². The SMILES string of the molecule is CCOC(=O)COc1c(OC)cc(/C=C2/C(=O)NN(c3ccccc3)C2=O)cc1OC. The van der Waals surface area contributed by atoms with Crippen LogP contribution in [0.4, 0.5) is 5.69 Å². The highest BCUT2D eigenvalue weighted by molar-refractivity contribution is 6.31. The van der Waals surface area contributed by atoms with Crippen molar-refractivity contribution < 1.29 is 33.3 Å². The Morgan fingerprint density at radius 2 is 1.71 bits per heavy atom. The van der Waals surface area contributed by atoms with Crippen molar-refractivity contribution in [3.63, 3.8) is 0 Å². The summed E-state index contributed by atoms with van der Waals surface area (Å²) < 4.78 is 21.1. The molecule has 2 aromatic rings. The van der Waals surface area contributed by atoms with Crippen molar-refractivity contribution in [1.29, 1.82) is 0 Å². The molecular formula is C22H22N2O7. The van der Waals surface area contributed by atoms with Crippen LogP contribution in [-0.4, -0.2) is 45.2 Å². The molecule has 1 aliphatic rings. The molecule has 3 rings (SSSR count). The maximum absolute atomic E-state index is 12.8. The Kier molecular flexibility index (Phi) is 6.76. The fourth-order valence-corrected chi connectivity index (χ4v) is 2.94. The average Bonchev–Trinajstić information content (AvgIpc) is 3.06. The molecule has 0 saturated carbocycles. The Morgan fingerprint density at radius 1 is 1.06 bits per heavy atom. The molecule has 0 aliphatic carbocycles. The summed E-state index contributed by atoms with van der Waals surface area (Å²) in [6.07, 6.45) is 1.43. The number of carbonyl (C=O) groups is 3. The third kappa shape index (κ3) is 4.77. The van der Waals surface area contributed by atoms with Gasteiger partial charge < -0.3 is 18.9 Å². The molecule has 2 amide bonds. The van der Waals surface area contributed by atoms with Crippen LogP contribution in [0.5, 0.6) is 17.2 Å². The molecule has 1 fully saturated rings. The minimum atomic E-state index is -0.535. The van der Waals surface area contributed by atoms with Crippen molar-refractivity contribution in [2.45, 2.75) is 6.92 Å². The van der Waals surface area contributed by atoms with Crippen LogP contribution in [0, 0.1) is 0 Å². The van der Waals surface area contributed by atoms with Gasteiger partial charge in [-0.1, -0.05) is 18.2 Å². The van der Waals surface area contributed by atoms with Crippen molar-refractivity contribution >= 4 is 29.5 Å². The second-order valence-corrected chi connectivity index (χ2v) is 6.32. The van der Waals surface area contributed by atoms with Gasteiger partial charge in [-0.15, -0.1) is 0 Å². The number of hydrogen-bond donors (Lipinski definition) is 1. The third-order valence-corrected chi connectivity index (χ3v) is 4.34. The highest BCUT2D eigenvalue weighted by Crippen LogP contribution is 2.39. The first kappa shape index (κ1) is 21.7. The number of nitrogens with zero attached hydrogens (tertiary/aromatic N) is 1. The zero-order chi connectivity index (χ0) is 22.4. The molecule has 1 heterocycles. The van der Waals surface area contributed by atoms with Gasteiger partial charge in [0.05, 0.1) is 26.5 Å². The van der Waals surface area contributed by atoms with Gasteiger partial charge >= 0.3 is 5.97 Å². The number of amides is 2. The fourth-order valence-electron chi connectivity index (χ4n) is 2.94. The Labute approximate surface area is 179 Å². The Morgan fingerprint density at radius 3 is 2.29 bits per heavy atom.